The summed E-state index contributed by atoms with van der Waals surface area (Å²) >= 11 is 11.7. The number of Topliss-reactive ketones (excluding diaryl/α,β-unsaturated/α-hetero) is 1. The molecule has 0 saturated carbocycles. The van der Waals surface area contributed by atoms with Crippen LogP contribution in [-0.4, -0.2) is 34.4 Å². The molecule has 9 heteroatoms. The maximum Gasteiger partial charge on any atom is 0.372 e. The van der Waals surface area contributed by atoms with Gasteiger partial charge in [-0.25, -0.2) is 14.2 Å². The molecule has 0 spiro atoms. The number of ketones is 1. The van der Waals surface area contributed by atoms with E-state index in [2.05, 4.69) is 4.98 Å². The number of esters is 1. The van der Waals surface area contributed by atoms with Gasteiger partial charge in [-0.2, -0.15) is 0 Å². The molecule has 1 rings (SSSR count). The van der Waals surface area contributed by atoms with Crippen LogP contribution in [0.15, 0.2) is 0 Å². The molecule has 0 amide bonds. The zero-order valence-electron chi connectivity index (χ0n) is 13.1. The highest BCUT2D eigenvalue weighted by Crippen LogP contribution is 2.36. The van der Waals surface area contributed by atoms with E-state index >= 15 is 0 Å². The van der Waals surface area contributed by atoms with Crippen molar-refractivity contribution < 1.29 is 28.6 Å². The number of carbonyl (C=O) groups is 3. The molecule has 0 aromatic carbocycles. The summed E-state index contributed by atoms with van der Waals surface area (Å²) in [5.41, 5.74) is 0.191. The van der Waals surface area contributed by atoms with E-state index in [4.69, 9.17) is 33.0 Å². The molecule has 1 N–H and O–H groups in total. The van der Waals surface area contributed by atoms with Crippen LogP contribution in [0.4, 0.5) is 4.39 Å². The van der Waals surface area contributed by atoms with E-state index < -0.39 is 41.0 Å². The molecule has 24 heavy (non-hydrogen) atoms. The first-order valence-electron chi connectivity index (χ1n) is 7.17. The van der Waals surface area contributed by atoms with E-state index in [1.807, 2.05) is 0 Å². The lowest BCUT2D eigenvalue weighted by Gasteiger charge is -2.20. The minimum absolute atomic E-state index is 0.0903. The number of hydrogen-bond donors (Lipinski definition) is 1. The number of pyridine rings is 1. The van der Waals surface area contributed by atoms with Gasteiger partial charge in [-0.1, -0.05) is 30.1 Å². The van der Waals surface area contributed by atoms with E-state index in [0.717, 1.165) is 0 Å². The van der Waals surface area contributed by atoms with Crippen LogP contribution in [0.25, 0.3) is 0 Å². The summed E-state index contributed by atoms with van der Waals surface area (Å²) in [4.78, 5) is 37.9. The van der Waals surface area contributed by atoms with Gasteiger partial charge in [0.2, 0.25) is 5.78 Å². The van der Waals surface area contributed by atoms with Gasteiger partial charge in [0.1, 0.15) is 5.15 Å². The standard InChI is InChI=1S/C15H16Cl2FNO5/c1-3-8-11(13(16)19-14(17)12(8)18)7(5-9(20)15(22)23)6-10(21)24-4-2/h7H,3-6H2,1-2H3,(H,22,23). The molecule has 0 aliphatic rings. The third kappa shape index (κ3) is 4.88. The summed E-state index contributed by atoms with van der Waals surface area (Å²) in [6.45, 7) is 3.35. The highest BCUT2D eigenvalue weighted by molar-refractivity contribution is 6.34. The van der Waals surface area contributed by atoms with Gasteiger partial charge >= 0.3 is 11.9 Å². The number of aliphatic carboxylic acids is 1. The van der Waals surface area contributed by atoms with Crippen molar-refractivity contribution in [1.82, 2.24) is 4.98 Å². The zero-order chi connectivity index (χ0) is 18.4. The van der Waals surface area contributed by atoms with Gasteiger partial charge in [-0.15, -0.1) is 0 Å². The van der Waals surface area contributed by atoms with Crippen molar-refractivity contribution in [2.24, 2.45) is 0 Å². The van der Waals surface area contributed by atoms with Crippen LogP contribution in [0.3, 0.4) is 0 Å². The normalized spacial score (nSPS) is 11.9. The quantitative estimate of drug-likeness (QED) is 0.423. The Morgan fingerprint density at radius 3 is 2.33 bits per heavy atom. The Labute approximate surface area is 147 Å². The second-order valence-corrected chi connectivity index (χ2v) is 5.61. The second-order valence-electron chi connectivity index (χ2n) is 4.89. The van der Waals surface area contributed by atoms with E-state index in [9.17, 15) is 18.8 Å². The number of aromatic nitrogens is 1. The van der Waals surface area contributed by atoms with Crippen LogP contribution in [-0.2, 0) is 25.5 Å². The zero-order valence-corrected chi connectivity index (χ0v) is 14.6. The van der Waals surface area contributed by atoms with Gasteiger partial charge in [0, 0.05) is 12.3 Å². The molecule has 1 unspecified atom stereocenters. The SMILES string of the molecule is CCOC(=O)CC(CC(=O)C(=O)O)c1c(Cl)nc(Cl)c(F)c1CC. The molecule has 6 nitrogen and oxygen atoms in total. The van der Waals surface area contributed by atoms with Gasteiger partial charge in [-0.3, -0.25) is 9.59 Å². The Morgan fingerprint density at radius 2 is 1.83 bits per heavy atom. The molecule has 0 saturated heterocycles. The molecule has 0 aliphatic carbocycles. The second kappa shape index (κ2) is 8.94. The molecule has 0 fully saturated rings. The molecule has 1 aromatic rings. The van der Waals surface area contributed by atoms with E-state index in [-0.39, 0.29) is 35.7 Å². The highest BCUT2D eigenvalue weighted by atomic mass is 35.5. The van der Waals surface area contributed by atoms with Crippen molar-refractivity contribution >= 4 is 40.9 Å². The number of carboxylic acids is 1. The van der Waals surface area contributed by atoms with Crippen molar-refractivity contribution in [3.05, 3.63) is 27.3 Å². The summed E-state index contributed by atoms with van der Waals surface area (Å²) in [6.07, 6.45) is -0.699. The molecule has 0 radical (unpaired) electrons. The lowest BCUT2D eigenvalue weighted by Crippen LogP contribution is -2.21. The van der Waals surface area contributed by atoms with Crippen molar-refractivity contribution in [3.63, 3.8) is 0 Å². The first-order chi connectivity index (χ1) is 11.2. The number of rotatable bonds is 8. The Morgan fingerprint density at radius 1 is 1.21 bits per heavy atom. The third-order valence-corrected chi connectivity index (χ3v) is 3.88. The first kappa shape index (κ1) is 20.3. The lowest BCUT2D eigenvalue weighted by atomic mass is 9.87. The molecule has 1 heterocycles. The van der Waals surface area contributed by atoms with E-state index in [0.29, 0.717) is 0 Å². The molecular weight excluding hydrogens is 364 g/mol. The van der Waals surface area contributed by atoms with E-state index in [1.165, 1.54) is 0 Å². The van der Waals surface area contributed by atoms with Crippen molar-refractivity contribution in [2.45, 2.75) is 39.0 Å². The minimum Gasteiger partial charge on any atom is -0.476 e. The molecule has 0 bridgehead atoms. The van der Waals surface area contributed by atoms with Crippen LogP contribution < -0.4 is 0 Å². The van der Waals surface area contributed by atoms with Crippen LogP contribution in [0.2, 0.25) is 10.3 Å². The van der Waals surface area contributed by atoms with Crippen molar-refractivity contribution in [3.8, 4) is 0 Å². The summed E-state index contributed by atoms with van der Waals surface area (Å²) in [7, 11) is 0. The fraction of sp³-hybridized carbons (Fsp3) is 0.467. The topological polar surface area (TPSA) is 93.6 Å². The minimum atomic E-state index is -1.65. The smallest absolute Gasteiger partial charge is 0.372 e. The van der Waals surface area contributed by atoms with Crippen molar-refractivity contribution in [1.29, 1.82) is 0 Å². The Balaban J connectivity index is 3.37. The number of ether oxygens (including phenoxy) is 1. The maximum absolute atomic E-state index is 14.2. The lowest BCUT2D eigenvalue weighted by molar-refractivity contribution is -0.150. The molecule has 1 aromatic heterocycles. The Bertz CT molecular complexity index is 666. The van der Waals surface area contributed by atoms with Crippen LogP contribution in [0.5, 0.6) is 0 Å². The molecular formula is C15H16Cl2FNO5. The average Bonchev–Trinajstić information content (AvgIpc) is 2.49. The molecule has 0 aliphatic heterocycles. The Hall–Kier alpha value is -1.73. The van der Waals surface area contributed by atoms with Crippen LogP contribution in [0.1, 0.15) is 43.7 Å². The largest absolute Gasteiger partial charge is 0.476 e. The van der Waals surface area contributed by atoms with Gasteiger partial charge in [0.15, 0.2) is 11.0 Å². The highest BCUT2D eigenvalue weighted by Gasteiger charge is 2.30. The van der Waals surface area contributed by atoms with E-state index in [1.54, 1.807) is 13.8 Å². The first-order valence-corrected chi connectivity index (χ1v) is 7.93. The summed E-state index contributed by atoms with van der Waals surface area (Å²) in [5, 5.41) is 8.19. The van der Waals surface area contributed by atoms with Crippen molar-refractivity contribution in [2.75, 3.05) is 6.61 Å². The summed E-state index contributed by atoms with van der Waals surface area (Å²) in [6, 6.07) is 0. The number of nitrogens with zero attached hydrogens (tertiary/aromatic N) is 1. The molecule has 1 atom stereocenters. The summed E-state index contributed by atoms with van der Waals surface area (Å²) in [5.74, 6) is -5.23. The third-order valence-electron chi connectivity index (χ3n) is 3.34. The fourth-order valence-electron chi connectivity index (χ4n) is 2.33. The van der Waals surface area contributed by atoms with Gasteiger partial charge < -0.3 is 9.84 Å². The monoisotopic (exact) mass is 379 g/mol. The molecule has 132 valence electrons. The maximum atomic E-state index is 14.2. The average molecular weight is 380 g/mol. The van der Waals surface area contributed by atoms with Crippen LogP contribution >= 0.6 is 23.2 Å². The predicted molar refractivity (Wildman–Crippen MR) is 84.8 cm³/mol. The fourth-order valence-corrected chi connectivity index (χ4v) is 2.93. The number of halogens is 3. The predicted octanol–water partition coefficient (Wildman–Crippen LogP) is 3.17. The van der Waals surface area contributed by atoms with Crippen LogP contribution in [0, 0.1) is 5.82 Å². The van der Waals surface area contributed by atoms with Gasteiger partial charge in [0.25, 0.3) is 0 Å². The number of carbonyl (C=O) groups excluding carboxylic acids is 2. The van der Waals surface area contributed by atoms with Gasteiger partial charge in [-0.05, 0) is 24.5 Å². The van der Waals surface area contributed by atoms with Gasteiger partial charge in [0.05, 0.1) is 13.0 Å². The summed E-state index contributed by atoms with van der Waals surface area (Å²) < 4.78 is 19.0. The number of hydrogen-bond acceptors (Lipinski definition) is 5. The Kier molecular flexibility index (Phi) is 7.57. The number of carboxylic acid groups (broad SMARTS) is 1.